The smallest absolute Gasteiger partial charge is 0.149 e. The van der Waals surface area contributed by atoms with Gasteiger partial charge in [-0.15, -0.1) is 0 Å². The average molecular weight is 567 g/mol. The summed E-state index contributed by atoms with van der Waals surface area (Å²) in [4.78, 5) is 19.2. The molecule has 6 nitrogen and oxygen atoms in total. The zero-order valence-corrected chi connectivity index (χ0v) is 23.8. The minimum absolute atomic E-state index is 0.826. The molecule has 0 saturated carbocycles. The first-order valence-corrected chi connectivity index (χ1v) is 14.8. The van der Waals surface area contributed by atoms with Crippen LogP contribution < -0.4 is 0 Å². The van der Waals surface area contributed by atoms with Gasteiger partial charge in [0, 0.05) is 65.3 Å². The monoisotopic (exact) mass is 566 g/mol. The molecule has 3 aromatic carbocycles. The van der Waals surface area contributed by atoms with E-state index >= 15 is 0 Å². The van der Waals surface area contributed by atoms with Crippen LogP contribution in [0.3, 0.4) is 0 Å². The second kappa shape index (κ2) is 9.85. The zero-order chi connectivity index (χ0) is 29.0. The van der Waals surface area contributed by atoms with Crippen LogP contribution in [0.4, 0.5) is 0 Å². The second-order valence-corrected chi connectivity index (χ2v) is 11.1. The third-order valence-corrected chi connectivity index (χ3v) is 8.54. The van der Waals surface area contributed by atoms with Crippen molar-refractivity contribution in [2.75, 3.05) is 6.54 Å². The summed E-state index contributed by atoms with van der Waals surface area (Å²) < 4.78 is 4.61. The van der Waals surface area contributed by atoms with Gasteiger partial charge < -0.3 is 4.57 Å². The maximum Gasteiger partial charge on any atom is 0.149 e. The normalized spacial score (nSPS) is 13.3. The highest BCUT2D eigenvalue weighted by Crippen LogP contribution is 2.41. The van der Waals surface area contributed by atoms with E-state index in [1.807, 2.05) is 43.1 Å². The number of aliphatic imine (C=N–C) groups is 1. The van der Waals surface area contributed by atoms with Crippen LogP contribution in [0, 0.1) is 0 Å². The molecule has 0 spiro atoms. The number of para-hydroxylation sites is 2. The molecule has 0 radical (unpaired) electrons. The highest BCUT2D eigenvalue weighted by atomic mass is 15.1. The molecule has 0 fully saturated rings. The number of benzene rings is 3. The van der Waals surface area contributed by atoms with Gasteiger partial charge in [0.25, 0.3) is 0 Å². The van der Waals surface area contributed by atoms with E-state index in [4.69, 9.17) is 9.97 Å². The number of hydrogen-bond donors (Lipinski definition) is 0. The molecule has 1 aliphatic heterocycles. The quantitative estimate of drug-likeness (QED) is 0.214. The van der Waals surface area contributed by atoms with Crippen molar-refractivity contribution in [2.45, 2.75) is 6.42 Å². The van der Waals surface area contributed by atoms with Gasteiger partial charge in [-0.05, 0) is 77.7 Å². The molecule has 1 aliphatic rings. The van der Waals surface area contributed by atoms with E-state index in [1.165, 1.54) is 5.39 Å². The minimum atomic E-state index is 0.826. The largest absolute Gasteiger partial charge is 0.308 e. The molecule has 0 N–H and O–H groups in total. The van der Waals surface area contributed by atoms with Crippen LogP contribution >= 0.6 is 0 Å². The predicted octanol–water partition coefficient (Wildman–Crippen LogP) is 8.59. The van der Waals surface area contributed by atoms with Crippen molar-refractivity contribution in [2.24, 2.45) is 4.99 Å². The van der Waals surface area contributed by atoms with Crippen LogP contribution in [0.25, 0.3) is 71.9 Å². The summed E-state index contributed by atoms with van der Waals surface area (Å²) in [6.45, 7) is 0.826. The number of aromatic nitrogens is 5. The number of fused-ring (bicyclic) bond motifs is 7. The molecule has 6 heteroatoms. The van der Waals surface area contributed by atoms with Crippen LogP contribution in [-0.4, -0.2) is 36.8 Å². The second-order valence-electron chi connectivity index (χ2n) is 11.1. The van der Waals surface area contributed by atoms with Crippen molar-refractivity contribution in [3.8, 4) is 22.5 Å². The maximum atomic E-state index is 5.18. The number of nitrogens with zero attached hydrogens (tertiary/aromatic N) is 6. The third kappa shape index (κ3) is 3.74. The third-order valence-electron chi connectivity index (χ3n) is 8.54. The minimum Gasteiger partial charge on any atom is -0.308 e. The molecule has 0 saturated heterocycles. The molecular weight excluding hydrogens is 540 g/mol. The Morgan fingerprint density at radius 1 is 0.614 bits per heavy atom. The lowest BCUT2D eigenvalue weighted by Crippen LogP contribution is -2.00. The van der Waals surface area contributed by atoms with Crippen molar-refractivity contribution in [3.05, 3.63) is 133 Å². The highest BCUT2D eigenvalue weighted by molar-refractivity contribution is 6.24. The Kier molecular flexibility index (Phi) is 5.53. The maximum absolute atomic E-state index is 5.18. The zero-order valence-electron chi connectivity index (χ0n) is 23.8. The van der Waals surface area contributed by atoms with E-state index in [1.54, 1.807) is 0 Å². The van der Waals surface area contributed by atoms with Crippen LogP contribution in [0.1, 0.15) is 12.0 Å². The molecule has 0 atom stereocenters. The molecule has 6 heterocycles. The van der Waals surface area contributed by atoms with Gasteiger partial charge in [-0.3, -0.25) is 19.5 Å². The van der Waals surface area contributed by atoms with Crippen molar-refractivity contribution in [1.29, 1.82) is 0 Å². The lowest BCUT2D eigenvalue weighted by molar-refractivity contribution is 1.00. The van der Waals surface area contributed by atoms with E-state index in [0.717, 1.165) is 85.1 Å². The average Bonchev–Trinajstić information content (AvgIpc) is 3.62. The first-order valence-electron chi connectivity index (χ1n) is 14.8. The van der Waals surface area contributed by atoms with Gasteiger partial charge in [-0.25, -0.2) is 4.98 Å². The van der Waals surface area contributed by atoms with Gasteiger partial charge in [0.1, 0.15) is 11.2 Å². The molecule has 0 unspecified atom stereocenters. The van der Waals surface area contributed by atoms with Crippen molar-refractivity contribution in [1.82, 2.24) is 24.1 Å². The van der Waals surface area contributed by atoms with Crippen LogP contribution in [0.15, 0.2) is 133 Å². The fourth-order valence-corrected chi connectivity index (χ4v) is 6.63. The van der Waals surface area contributed by atoms with Crippen molar-refractivity contribution in [3.63, 3.8) is 0 Å². The Morgan fingerprint density at radius 3 is 2.32 bits per heavy atom. The Balaban J connectivity index is 1.42. The topological polar surface area (TPSA) is 60.9 Å². The summed E-state index contributed by atoms with van der Waals surface area (Å²) in [5, 5.41) is 3.31. The summed E-state index contributed by atoms with van der Waals surface area (Å²) in [6.07, 6.45) is 12.8. The Labute approximate surface area is 253 Å². The van der Waals surface area contributed by atoms with Gasteiger partial charge >= 0.3 is 0 Å². The number of dihydropyridines is 1. The number of rotatable bonds is 4. The first-order chi connectivity index (χ1) is 21.8. The van der Waals surface area contributed by atoms with E-state index < -0.39 is 0 Å². The summed E-state index contributed by atoms with van der Waals surface area (Å²) in [6, 6.07) is 34.0. The molecule has 0 aliphatic carbocycles. The van der Waals surface area contributed by atoms with E-state index in [-0.39, 0.29) is 0 Å². The molecule has 208 valence electrons. The fourth-order valence-electron chi connectivity index (χ4n) is 6.63. The highest BCUT2D eigenvalue weighted by Gasteiger charge is 2.23. The van der Waals surface area contributed by atoms with Gasteiger partial charge in [0.2, 0.25) is 0 Å². The van der Waals surface area contributed by atoms with E-state index in [0.29, 0.717) is 0 Å². The fraction of sp³-hybridized carbons (Fsp3) is 0.0526. The summed E-state index contributed by atoms with van der Waals surface area (Å²) in [7, 11) is 0. The lowest BCUT2D eigenvalue weighted by atomic mass is 9.97. The Hall–Kier alpha value is -5.88. The predicted molar refractivity (Wildman–Crippen MR) is 180 cm³/mol. The van der Waals surface area contributed by atoms with Gasteiger partial charge in [0.05, 0.1) is 21.9 Å². The summed E-state index contributed by atoms with van der Waals surface area (Å²) in [5.74, 6) is 0. The van der Waals surface area contributed by atoms with Gasteiger partial charge in [-0.1, -0.05) is 48.5 Å². The molecule has 8 aromatic rings. The van der Waals surface area contributed by atoms with E-state index in [2.05, 4.69) is 110 Å². The first kappa shape index (κ1) is 24.7. The van der Waals surface area contributed by atoms with E-state index in [9.17, 15) is 0 Å². The van der Waals surface area contributed by atoms with Crippen LogP contribution in [0.5, 0.6) is 0 Å². The van der Waals surface area contributed by atoms with Crippen LogP contribution in [-0.2, 0) is 0 Å². The SMILES string of the molecule is C1=NCCC=C1c1cc(-c2cccnc2)cc(-n2c3cccnc3c3c2ncc2c4ccccc4n(-c4ccccc4)c23)c1. The molecule has 5 aromatic heterocycles. The van der Waals surface area contributed by atoms with Gasteiger partial charge in [0.15, 0.2) is 0 Å². The molecule has 44 heavy (non-hydrogen) atoms. The Morgan fingerprint density at radius 2 is 1.45 bits per heavy atom. The summed E-state index contributed by atoms with van der Waals surface area (Å²) in [5.41, 5.74) is 11.6. The standard InChI is InChI=1S/C38H26N6/c1-2-11-29(12-3-1)43-33-14-5-4-13-31(33)32-24-42-38-35(37(32)43)36-34(15-8-18-41-36)44(38)30-20-27(25-9-6-16-39-22-25)19-28(21-30)26-10-7-17-40-23-26/h1-6,8-16,18-24H,7,17H2. The van der Waals surface area contributed by atoms with Gasteiger partial charge in [-0.2, -0.15) is 0 Å². The van der Waals surface area contributed by atoms with Crippen molar-refractivity contribution >= 4 is 55.7 Å². The summed E-state index contributed by atoms with van der Waals surface area (Å²) >= 11 is 0. The number of hydrogen-bond acceptors (Lipinski definition) is 4. The number of pyridine rings is 3. The molecule has 0 bridgehead atoms. The Bertz CT molecular complexity index is 2430. The number of allylic oxidation sites excluding steroid dienone is 1. The molecule has 0 amide bonds. The molecular formula is C38H26N6. The van der Waals surface area contributed by atoms with Crippen LogP contribution in [0.2, 0.25) is 0 Å². The molecule has 9 rings (SSSR count). The lowest BCUT2D eigenvalue weighted by Gasteiger charge is -2.14. The van der Waals surface area contributed by atoms with Crippen molar-refractivity contribution < 1.29 is 0 Å².